The zero-order valence-corrected chi connectivity index (χ0v) is 14.7. The van der Waals surface area contributed by atoms with Gasteiger partial charge in [-0.15, -0.1) is 0 Å². The second-order valence-corrected chi connectivity index (χ2v) is 7.99. The minimum atomic E-state index is -0.378. The molecule has 0 aromatic rings. The molecule has 0 radical (unpaired) electrons. The minimum absolute atomic E-state index is 0.204. The van der Waals surface area contributed by atoms with E-state index >= 15 is 0 Å². The summed E-state index contributed by atoms with van der Waals surface area (Å²) in [6.45, 7) is 3.74. The maximum atomic E-state index is 12.1. The molecule has 1 atom stereocenters. The number of carbonyl (C=O) groups is 2. The van der Waals surface area contributed by atoms with Crippen molar-refractivity contribution in [1.82, 2.24) is 15.5 Å². The molecule has 5 nitrogen and oxygen atoms in total. The van der Waals surface area contributed by atoms with Gasteiger partial charge in [-0.05, 0) is 32.6 Å². The van der Waals surface area contributed by atoms with Gasteiger partial charge < -0.3 is 10.2 Å². The summed E-state index contributed by atoms with van der Waals surface area (Å²) in [7, 11) is 0. The summed E-state index contributed by atoms with van der Waals surface area (Å²) in [6, 6.07) is -0.174. The largest absolute Gasteiger partial charge is 0.358 e. The van der Waals surface area contributed by atoms with E-state index in [9.17, 15) is 9.59 Å². The van der Waals surface area contributed by atoms with E-state index in [1.165, 1.54) is 18.2 Å². The lowest BCUT2D eigenvalue weighted by atomic mass is 9.96. The zero-order valence-electron chi connectivity index (χ0n) is 13.1. The van der Waals surface area contributed by atoms with Gasteiger partial charge in [-0.2, -0.15) is 0 Å². The first-order chi connectivity index (χ1) is 10.6. The summed E-state index contributed by atoms with van der Waals surface area (Å²) in [6.07, 6.45) is 7.86. The van der Waals surface area contributed by atoms with Crippen LogP contribution in [0.3, 0.4) is 0 Å². The lowest BCUT2D eigenvalue weighted by Gasteiger charge is -2.23. The Morgan fingerprint density at radius 2 is 1.77 bits per heavy atom. The van der Waals surface area contributed by atoms with E-state index in [4.69, 9.17) is 12.2 Å². The van der Waals surface area contributed by atoms with Crippen molar-refractivity contribution in [1.29, 1.82) is 0 Å². The molecule has 1 heterocycles. The molecule has 22 heavy (non-hydrogen) atoms. The Morgan fingerprint density at radius 3 is 2.41 bits per heavy atom. The Kier molecular flexibility index (Phi) is 6.95. The van der Waals surface area contributed by atoms with E-state index in [1.807, 2.05) is 0 Å². The van der Waals surface area contributed by atoms with Gasteiger partial charge in [0.2, 0.25) is 5.91 Å². The van der Waals surface area contributed by atoms with Crippen LogP contribution in [0.5, 0.6) is 0 Å². The van der Waals surface area contributed by atoms with Crippen molar-refractivity contribution >= 4 is 40.2 Å². The molecule has 0 aromatic carbocycles. The number of imide groups is 1. The van der Waals surface area contributed by atoms with Crippen LogP contribution in [0.1, 0.15) is 51.9 Å². The van der Waals surface area contributed by atoms with Crippen molar-refractivity contribution in [2.75, 3.05) is 13.1 Å². The molecule has 2 N–H and O–H groups in total. The number of hydrogen-bond acceptors (Lipinski definition) is 4. The van der Waals surface area contributed by atoms with Gasteiger partial charge in [0.25, 0.3) is 0 Å². The molecule has 1 saturated carbocycles. The molecule has 2 aliphatic rings. The first-order valence-corrected chi connectivity index (χ1v) is 9.42. The van der Waals surface area contributed by atoms with Crippen molar-refractivity contribution in [3.63, 3.8) is 0 Å². The van der Waals surface area contributed by atoms with E-state index in [1.54, 1.807) is 6.92 Å². The van der Waals surface area contributed by atoms with E-state index in [2.05, 4.69) is 15.5 Å². The van der Waals surface area contributed by atoms with Crippen molar-refractivity contribution in [3.05, 3.63) is 0 Å². The lowest BCUT2D eigenvalue weighted by molar-refractivity contribution is -0.119. The Labute approximate surface area is 142 Å². The van der Waals surface area contributed by atoms with Crippen LogP contribution in [0.25, 0.3) is 0 Å². The summed E-state index contributed by atoms with van der Waals surface area (Å²) < 4.78 is 0.757. The molecule has 0 aromatic heterocycles. The lowest BCUT2D eigenvalue weighted by Crippen LogP contribution is -2.47. The van der Waals surface area contributed by atoms with E-state index < -0.39 is 0 Å². The minimum Gasteiger partial charge on any atom is -0.358 e. The highest BCUT2D eigenvalue weighted by Gasteiger charge is 2.23. The van der Waals surface area contributed by atoms with Crippen LogP contribution in [0.15, 0.2) is 0 Å². The van der Waals surface area contributed by atoms with Crippen molar-refractivity contribution in [3.8, 4) is 0 Å². The molecular weight excluding hydrogens is 318 g/mol. The second kappa shape index (κ2) is 8.72. The SMILES string of the molecule is C[C@@H](SC(=S)N1CCCC1)C(=O)NC(=O)NC1CCCCC1. The Balaban J connectivity index is 1.70. The molecule has 1 aliphatic heterocycles. The van der Waals surface area contributed by atoms with E-state index in [0.29, 0.717) is 0 Å². The van der Waals surface area contributed by atoms with Gasteiger partial charge in [0.05, 0.1) is 5.25 Å². The standard InChI is InChI=1S/C15H25N3O2S2/c1-11(22-15(21)18-9-5-6-10-18)13(19)17-14(20)16-12-7-3-2-4-8-12/h11-12H,2-10H2,1H3,(H2,16,17,19,20)/t11-/m1/s1. The van der Waals surface area contributed by atoms with Crippen LogP contribution < -0.4 is 10.6 Å². The number of urea groups is 1. The summed E-state index contributed by atoms with van der Waals surface area (Å²) >= 11 is 6.72. The molecule has 1 saturated heterocycles. The molecule has 2 rings (SSSR count). The number of rotatable bonds is 3. The van der Waals surface area contributed by atoms with Crippen LogP contribution in [-0.2, 0) is 4.79 Å². The summed E-state index contributed by atoms with van der Waals surface area (Å²) in [5, 5.41) is 4.97. The number of hydrogen-bond donors (Lipinski definition) is 2. The fraction of sp³-hybridized carbons (Fsp3) is 0.800. The maximum absolute atomic E-state index is 12.1. The van der Waals surface area contributed by atoms with Gasteiger partial charge in [0, 0.05) is 19.1 Å². The predicted octanol–water partition coefficient (Wildman–Crippen LogP) is 2.65. The number of amides is 3. The Hall–Kier alpha value is -0.820. The highest BCUT2D eigenvalue weighted by Crippen LogP contribution is 2.20. The molecule has 0 bridgehead atoms. The van der Waals surface area contributed by atoms with Crippen LogP contribution >= 0.6 is 24.0 Å². The van der Waals surface area contributed by atoms with E-state index in [-0.39, 0.29) is 23.2 Å². The van der Waals surface area contributed by atoms with Crippen LogP contribution in [-0.4, -0.2) is 45.5 Å². The topological polar surface area (TPSA) is 61.4 Å². The highest BCUT2D eigenvalue weighted by atomic mass is 32.2. The number of thiocarbonyl (C=S) groups is 1. The maximum Gasteiger partial charge on any atom is 0.321 e. The normalized spacial score (nSPS) is 20.5. The van der Waals surface area contributed by atoms with Crippen molar-refractivity contribution in [2.24, 2.45) is 0 Å². The number of carbonyl (C=O) groups excluding carboxylic acids is 2. The zero-order chi connectivity index (χ0) is 15.9. The molecular formula is C15H25N3O2S2. The molecule has 124 valence electrons. The highest BCUT2D eigenvalue weighted by molar-refractivity contribution is 8.23. The number of nitrogens with zero attached hydrogens (tertiary/aromatic N) is 1. The molecule has 3 amide bonds. The van der Waals surface area contributed by atoms with Gasteiger partial charge in [-0.25, -0.2) is 4.79 Å². The molecule has 0 spiro atoms. The monoisotopic (exact) mass is 343 g/mol. The first-order valence-electron chi connectivity index (χ1n) is 8.13. The average Bonchev–Trinajstić information content (AvgIpc) is 3.02. The predicted molar refractivity (Wildman–Crippen MR) is 94.0 cm³/mol. The third-order valence-electron chi connectivity index (χ3n) is 4.19. The second-order valence-electron chi connectivity index (χ2n) is 6.02. The number of nitrogens with one attached hydrogen (secondary N) is 2. The fourth-order valence-corrected chi connectivity index (χ4v) is 4.28. The fourth-order valence-electron chi connectivity index (χ4n) is 2.86. The number of likely N-dealkylation sites (tertiary alicyclic amines) is 1. The average molecular weight is 344 g/mol. The van der Waals surface area contributed by atoms with Crippen LogP contribution in [0, 0.1) is 0 Å². The van der Waals surface area contributed by atoms with Crippen LogP contribution in [0.4, 0.5) is 4.79 Å². The third-order valence-corrected chi connectivity index (χ3v) is 5.76. The Bertz CT molecular complexity index is 419. The summed E-state index contributed by atoms with van der Waals surface area (Å²) in [4.78, 5) is 26.1. The smallest absolute Gasteiger partial charge is 0.321 e. The molecule has 1 aliphatic carbocycles. The number of thioether (sulfide) groups is 1. The van der Waals surface area contributed by atoms with Crippen LogP contribution in [0.2, 0.25) is 0 Å². The molecule has 0 unspecified atom stereocenters. The van der Waals surface area contributed by atoms with Gasteiger partial charge in [0.1, 0.15) is 4.32 Å². The molecule has 2 fully saturated rings. The van der Waals surface area contributed by atoms with Crippen molar-refractivity contribution in [2.45, 2.75) is 63.2 Å². The van der Waals surface area contributed by atoms with Crippen molar-refractivity contribution < 1.29 is 9.59 Å². The van der Waals surface area contributed by atoms with Gasteiger partial charge in [0.15, 0.2) is 0 Å². The first kappa shape index (κ1) is 17.5. The summed E-state index contributed by atoms with van der Waals surface area (Å²) in [5.74, 6) is -0.278. The van der Waals surface area contributed by atoms with Gasteiger partial charge in [-0.3, -0.25) is 10.1 Å². The quantitative estimate of drug-likeness (QED) is 0.772. The molecule has 7 heteroatoms. The Morgan fingerprint density at radius 1 is 1.14 bits per heavy atom. The van der Waals surface area contributed by atoms with E-state index in [0.717, 1.165) is 55.9 Å². The summed E-state index contributed by atoms with van der Waals surface area (Å²) in [5.41, 5.74) is 0. The third kappa shape index (κ3) is 5.43. The van der Waals surface area contributed by atoms with Gasteiger partial charge >= 0.3 is 6.03 Å². The van der Waals surface area contributed by atoms with Gasteiger partial charge in [-0.1, -0.05) is 43.2 Å².